The second-order valence-electron chi connectivity index (χ2n) is 12.2. The lowest BCUT2D eigenvalue weighted by atomic mass is 9.82. The van der Waals surface area contributed by atoms with Crippen molar-refractivity contribution < 1.29 is 24.2 Å². The Kier molecular flexibility index (Phi) is 7.46. The van der Waals surface area contributed by atoms with Crippen molar-refractivity contribution in [1.29, 1.82) is 0 Å². The van der Waals surface area contributed by atoms with Gasteiger partial charge in [0.2, 0.25) is 5.91 Å². The monoisotopic (exact) mass is 604 g/mol. The number of hydrogen-bond acceptors (Lipinski definition) is 5. The van der Waals surface area contributed by atoms with E-state index in [-0.39, 0.29) is 36.0 Å². The zero-order chi connectivity index (χ0) is 29.8. The first-order valence-electron chi connectivity index (χ1n) is 14.6. The SMILES string of the molecule is COc1ccc([Si](C)(C)[C@H]2[C@H](CCO)O[C@@]3(C(=O)N(Cc4cccc(N5CCC5=O)c4)c4ccc(Cl)cc43)[C@@H]2C)cc1. The minimum Gasteiger partial charge on any atom is -0.497 e. The van der Waals surface area contributed by atoms with Gasteiger partial charge < -0.3 is 24.4 Å². The van der Waals surface area contributed by atoms with Crippen molar-refractivity contribution in [1.82, 2.24) is 0 Å². The van der Waals surface area contributed by atoms with Gasteiger partial charge in [-0.25, -0.2) is 0 Å². The maximum absolute atomic E-state index is 14.7. The van der Waals surface area contributed by atoms with Crippen molar-refractivity contribution in [2.24, 2.45) is 5.92 Å². The van der Waals surface area contributed by atoms with Gasteiger partial charge >= 0.3 is 0 Å². The molecule has 7 nitrogen and oxygen atoms in total. The Bertz CT molecular complexity index is 1530. The molecule has 2 amide bonds. The Labute approximate surface area is 253 Å². The molecule has 42 heavy (non-hydrogen) atoms. The van der Waals surface area contributed by atoms with Gasteiger partial charge in [0, 0.05) is 41.8 Å². The lowest BCUT2D eigenvalue weighted by molar-refractivity contribution is -0.146. The van der Waals surface area contributed by atoms with E-state index >= 15 is 0 Å². The molecule has 3 aromatic carbocycles. The normalized spacial score (nSPS) is 25.2. The van der Waals surface area contributed by atoms with Crippen LogP contribution in [0.1, 0.15) is 30.9 Å². The molecule has 0 radical (unpaired) electrons. The van der Waals surface area contributed by atoms with Gasteiger partial charge in [0.1, 0.15) is 5.75 Å². The number of hydrogen-bond donors (Lipinski definition) is 1. The molecule has 6 rings (SSSR count). The van der Waals surface area contributed by atoms with Crippen molar-refractivity contribution in [2.75, 3.05) is 30.1 Å². The zero-order valence-corrected chi connectivity index (χ0v) is 26.2. The highest BCUT2D eigenvalue weighted by Gasteiger charge is 2.66. The third-order valence-corrected chi connectivity index (χ3v) is 14.2. The van der Waals surface area contributed by atoms with Crippen LogP contribution in [-0.4, -0.2) is 51.4 Å². The number of amides is 2. The fourth-order valence-electron chi connectivity index (χ4n) is 7.43. The molecule has 0 bridgehead atoms. The van der Waals surface area contributed by atoms with E-state index < -0.39 is 13.7 Å². The van der Waals surface area contributed by atoms with Gasteiger partial charge in [0.25, 0.3) is 5.91 Å². The maximum Gasteiger partial charge on any atom is 0.264 e. The number of rotatable bonds is 8. The van der Waals surface area contributed by atoms with Crippen LogP contribution < -0.4 is 19.7 Å². The lowest BCUT2D eigenvalue weighted by Crippen LogP contribution is -2.51. The summed E-state index contributed by atoms with van der Waals surface area (Å²) >= 11 is 6.56. The summed E-state index contributed by atoms with van der Waals surface area (Å²) in [4.78, 5) is 30.4. The highest BCUT2D eigenvalue weighted by molar-refractivity contribution is 6.91. The quantitative estimate of drug-likeness (QED) is 0.281. The summed E-state index contributed by atoms with van der Waals surface area (Å²) in [5, 5.41) is 11.9. The number of benzene rings is 3. The highest BCUT2D eigenvalue weighted by Crippen LogP contribution is 2.60. The van der Waals surface area contributed by atoms with E-state index in [4.69, 9.17) is 21.1 Å². The summed E-state index contributed by atoms with van der Waals surface area (Å²) in [6.07, 6.45) is 0.705. The molecule has 1 spiro atoms. The number of nitrogens with zero attached hydrogens (tertiary/aromatic N) is 2. The highest BCUT2D eigenvalue weighted by atomic mass is 35.5. The molecule has 2 fully saturated rings. The topological polar surface area (TPSA) is 79.3 Å². The Balaban J connectivity index is 1.40. The second kappa shape index (κ2) is 10.8. The van der Waals surface area contributed by atoms with Crippen LogP contribution in [0.4, 0.5) is 11.4 Å². The largest absolute Gasteiger partial charge is 0.497 e. The Hall–Kier alpha value is -3.17. The molecule has 3 heterocycles. The number of carbonyl (C=O) groups excluding carboxylic acids is 2. The summed E-state index contributed by atoms with van der Waals surface area (Å²) in [5.74, 6) is 0.636. The van der Waals surface area contributed by atoms with E-state index in [1.807, 2.05) is 54.6 Å². The van der Waals surface area contributed by atoms with Crippen LogP contribution in [0, 0.1) is 5.92 Å². The van der Waals surface area contributed by atoms with Crippen molar-refractivity contribution in [2.45, 2.75) is 56.7 Å². The molecule has 220 valence electrons. The lowest BCUT2D eigenvalue weighted by Gasteiger charge is -2.37. The summed E-state index contributed by atoms with van der Waals surface area (Å²) in [6.45, 7) is 7.79. The van der Waals surface area contributed by atoms with Crippen LogP contribution in [0.3, 0.4) is 0 Å². The Morgan fingerprint density at radius 3 is 2.50 bits per heavy atom. The molecule has 3 aliphatic rings. The standard InChI is InChI=1S/C33H37ClN2O5Si/c1-21-31(42(3,4)26-11-9-25(40-2)10-12-26)29(15-17-37)41-33(21)27-19-23(34)8-13-28(27)36(32(33)39)20-22-6-5-7-24(18-22)35-16-14-30(35)38/h5-13,18-19,21,29,31,37H,14-17,20H2,1-4H3/t21-,29+,31-,33+/m1/s1. The van der Waals surface area contributed by atoms with Gasteiger partial charge in [-0.2, -0.15) is 0 Å². The zero-order valence-electron chi connectivity index (χ0n) is 24.5. The molecule has 0 aromatic heterocycles. The van der Waals surface area contributed by atoms with Crippen LogP contribution in [0.5, 0.6) is 5.75 Å². The Morgan fingerprint density at radius 1 is 1.10 bits per heavy atom. The number of β-lactam (4-membered cyclic amide) rings is 1. The average molecular weight is 605 g/mol. The van der Waals surface area contributed by atoms with E-state index in [1.54, 1.807) is 16.9 Å². The number of aliphatic hydroxyl groups is 1. The minimum atomic E-state index is -2.26. The molecule has 0 aliphatic carbocycles. The van der Waals surface area contributed by atoms with Gasteiger partial charge in [-0.3, -0.25) is 9.59 Å². The number of anilines is 2. The van der Waals surface area contributed by atoms with E-state index in [0.29, 0.717) is 31.0 Å². The minimum absolute atomic E-state index is 0.0284. The Morgan fingerprint density at radius 2 is 1.86 bits per heavy atom. The molecule has 0 saturated carbocycles. The van der Waals surface area contributed by atoms with Gasteiger partial charge in [-0.1, -0.05) is 61.1 Å². The van der Waals surface area contributed by atoms with E-state index in [0.717, 1.165) is 28.3 Å². The molecule has 0 unspecified atom stereocenters. The molecule has 3 aromatic rings. The fourth-order valence-corrected chi connectivity index (χ4v) is 11.7. The van der Waals surface area contributed by atoms with Crippen LogP contribution in [0.25, 0.3) is 0 Å². The predicted molar refractivity (Wildman–Crippen MR) is 167 cm³/mol. The van der Waals surface area contributed by atoms with Gasteiger partial charge in [-0.05, 0) is 60.0 Å². The predicted octanol–water partition coefficient (Wildman–Crippen LogP) is 5.23. The molecule has 3 aliphatic heterocycles. The molecular formula is C33H37ClN2O5Si. The first-order chi connectivity index (χ1) is 20.1. The summed E-state index contributed by atoms with van der Waals surface area (Å²) in [6, 6.07) is 21.7. The number of halogens is 1. The third-order valence-electron chi connectivity index (χ3n) is 9.62. The molecule has 4 atom stereocenters. The molecule has 2 saturated heterocycles. The fraction of sp³-hybridized carbons (Fsp3) is 0.394. The third kappa shape index (κ3) is 4.47. The van der Waals surface area contributed by atoms with E-state index in [9.17, 15) is 14.7 Å². The van der Waals surface area contributed by atoms with Gasteiger partial charge in [0.15, 0.2) is 5.60 Å². The van der Waals surface area contributed by atoms with Crippen molar-refractivity contribution >= 4 is 48.1 Å². The molecule has 1 N–H and O–H groups in total. The van der Waals surface area contributed by atoms with Crippen molar-refractivity contribution in [3.8, 4) is 5.75 Å². The summed E-state index contributed by atoms with van der Waals surface area (Å²) in [5.41, 5.74) is 2.19. The number of fused-ring (bicyclic) bond motifs is 2. The number of ether oxygens (including phenoxy) is 2. The van der Waals surface area contributed by atoms with Crippen molar-refractivity contribution in [3.05, 3.63) is 82.9 Å². The summed E-state index contributed by atoms with van der Waals surface area (Å²) < 4.78 is 12.3. The van der Waals surface area contributed by atoms with E-state index in [2.05, 4.69) is 32.2 Å². The molecular weight excluding hydrogens is 568 g/mol. The molecule has 9 heteroatoms. The maximum atomic E-state index is 14.7. The van der Waals surface area contributed by atoms with Gasteiger partial charge in [0.05, 0.1) is 33.5 Å². The van der Waals surface area contributed by atoms with E-state index in [1.165, 1.54) is 5.19 Å². The van der Waals surface area contributed by atoms with Crippen LogP contribution in [0.15, 0.2) is 66.7 Å². The smallest absolute Gasteiger partial charge is 0.264 e. The number of carbonyl (C=O) groups is 2. The first-order valence-corrected chi connectivity index (χ1v) is 18.0. The summed E-state index contributed by atoms with van der Waals surface area (Å²) in [7, 11) is -0.598. The average Bonchev–Trinajstić information content (AvgIpc) is 3.39. The van der Waals surface area contributed by atoms with Crippen LogP contribution in [0.2, 0.25) is 23.7 Å². The van der Waals surface area contributed by atoms with Crippen molar-refractivity contribution in [3.63, 3.8) is 0 Å². The van der Waals surface area contributed by atoms with Crippen LogP contribution >= 0.6 is 11.6 Å². The van der Waals surface area contributed by atoms with Gasteiger partial charge in [-0.15, -0.1) is 0 Å². The number of aliphatic hydroxyl groups excluding tert-OH is 1. The first kappa shape index (κ1) is 28.9. The number of methoxy groups -OCH3 is 1. The van der Waals surface area contributed by atoms with Crippen LogP contribution in [-0.2, 0) is 26.5 Å². The second-order valence-corrected chi connectivity index (χ2v) is 17.3.